The lowest BCUT2D eigenvalue weighted by molar-refractivity contribution is 0.670. The molecule has 0 fully saturated rings. The van der Waals surface area contributed by atoms with Crippen LogP contribution in [-0.4, -0.2) is 0 Å². The molecule has 0 amide bonds. The Morgan fingerprint density at radius 1 is 0.349 bits per heavy atom. The zero-order valence-electron chi connectivity index (χ0n) is 34.1. The van der Waals surface area contributed by atoms with Crippen LogP contribution in [0.4, 0.5) is 17.1 Å². The zero-order valence-corrected chi connectivity index (χ0v) is 34.9. The van der Waals surface area contributed by atoms with Gasteiger partial charge in [0.2, 0.25) is 0 Å². The first-order chi connectivity index (χ1) is 31.2. The Balaban J connectivity index is 1.01. The number of benzene rings is 11. The molecule has 0 N–H and O–H groups in total. The SMILES string of the molecule is c1ccc(-c2ccc(-c3ccc(N(c4ccc(-c5cccc6c5sc5ccccc56)cc4)c4ccc5c(ccc6ccccc65)c4)c4ccccc34)c3c2oc2ccccc23)cc1. The number of nitrogens with zero attached hydrogens (tertiary/aromatic N) is 1. The third kappa shape index (κ3) is 5.71. The summed E-state index contributed by atoms with van der Waals surface area (Å²) >= 11 is 1.87. The van der Waals surface area contributed by atoms with Crippen molar-refractivity contribution < 1.29 is 4.42 Å². The topological polar surface area (TPSA) is 16.4 Å². The Morgan fingerprint density at radius 3 is 1.86 bits per heavy atom. The van der Waals surface area contributed by atoms with Gasteiger partial charge in [-0.2, -0.15) is 0 Å². The highest BCUT2D eigenvalue weighted by Crippen LogP contribution is 2.48. The minimum absolute atomic E-state index is 0.889. The van der Waals surface area contributed by atoms with Crippen molar-refractivity contribution in [2.24, 2.45) is 0 Å². The van der Waals surface area contributed by atoms with E-state index in [-0.39, 0.29) is 0 Å². The maximum absolute atomic E-state index is 6.72. The van der Waals surface area contributed by atoms with Crippen molar-refractivity contribution in [3.63, 3.8) is 0 Å². The second-order valence-electron chi connectivity index (χ2n) is 16.4. The van der Waals surface area contributed by atoms with Crippen molar-refractivity contribution in [2.45, 2.75) is 0 Å². The van der Waals surface area contributed by atoms with Crippen LogP contribution in [0.5, 0.6) is 0 Å². The fraction of sp³-hybridized carbons (Fsp3) is 0. The van der Waals surface area contributed by atoms with Crippen LogP contribution in [0.1, 0.15) is 0 Å². The molecule has 2 aromatic heterocycles. The first kappa shape index (κ1) is 35.7. The van der Waals surface area contributed by atoms with E-state index in [1.54, 1.807) is 0 Å². The van der Waals surface area contributed by atoms with Gasteiger partial charge in [-0.1, -0.05) is 176 Å². The van der Waals surface area contributed by atoms with Gasteiger partial charge < -0.3 is 9.32 Å². The maximum atomic E-state index is 6.72. The second kappa shape index (κ2) is 14.3. The molecule has 0 saturated heterocycles. The van der Waals surface area contributed by atoms with Gasteiger partial charge in [0.1, 0.15) is 11.2 Å². The molecule has 0 aliphatic carbocycles. The van der Waals surface area contributed by atoms with Crippen LogP contribution in [0.2, 0.25) is 0 Å². The molecule has 0 bridgehead atoms. The standard InChI is InChI=1S/C60H37NOS/c1-2-13-38(14-3-1)46-33-34-52(58-54-20-8-10-23-56(54)62-59(46)58)49-35-36-55(50-18-7-6-17-48(49)50)61(43-31-32-45-41(37-43)26-25-39-15-4-5-16-44(39)45)42-29-27-40(28-30-42)47-21-12-22-53-51-19-9-11-24-57(51)63-60(47)53/h1-37H. The molecule has 63 heavy (non-hydrogen) atoms. The molecule has 294 valence electrons. The molecule has 0 saturated carbocycles. The van der Waals surface area contributed by atoms with Crippen LogP contribution in [-0.2, 0) is 0 Å². The van der Waals surface area contributed by atoms with E-state index in [1.165, 1.54) is 69.2 Å². The number of thiophene rings is 1. The summed E-state index contributed by atoms with van der Waals surface area (Å²) < 4.78 is 9.36. The highest BCUT2D eigenvalue weighted by atomic mass is 32.1. The van der Waals surface area contributed by atoms with Gasteiger partial charge in [0.05, 0.1) is 5.69 Å². The molecule has 0 atom stereocenters. The first-order valence-electron chi connectivity index (χ1n) is 21.5. The Morgan fingerprint density at radius 2 is 0.984 bits per heavy atom. The van der Waals surface area contributed by atoms with E-state index in [4.69, 9.17) is 4.42 Å². The molecule has 2 nitrogen and oxygen atoms in total. The molecular weight excluding hydrogens is 783 g/mol. The van der Waals surface area contributed by atoms with Crippen molar-refractivity contribution in [1.82, 2.24) is 0 Å². The van der Waals surface area contributed by atoms with Crippen LogP contribution in [0.15, 0.2) is 229 Å². The summed E-state index contributed by atoms with van der Waals surface area (Å²) in [7, 11) is 0. The van der Waals surface area contributed by atoms with Gasteiger partial charge in [0, 0.05) is 53.3 Å². The van der Waals surface area contributed by atoms with Gasteiger partial charge in [0.25, 0.3) is 0 Å². The van der Waals surface area contributed by atoms with Crippen molar-refractivity contribution >= 4 is 103 Å². The third-order valence-electron chi connectivity index (χ3n) is 12.9. The van der Waals surface area contributed by atoms with E-state index in [2.05, 4.69) is 229 Å². The Hall–Kier alpha value is -7.98. The van der Waals surface area contributed by atoms with E-state index in [1.807, 2.05) is 11.3 Å². The normalized spacial score (nSPS) is 11.8. The molecule has 0 aliphatic heterocycles. The number of anilines is 3. The molecule has 13 aromatic rings. The minimum atomic E-state index is 0.889. The van der Waals surface area contributed by atoms with Gasteiger partial charge in [-0.25, -0.2) is 0 Å². The fourth-order valence-corrected chi connectivity index (χ4v) is 11.2. The molecule has 11 aromatic carbocycles. The minimum Gasteiger partial charge on any atom is -0.455 e. The second-order valence-corrected chi connectivity index (χ2v) is 17.4. The monoisotopic (exact) mass is 819 g/mol. The first-order valence-corrected chi connectivity index (χ1v) is 22.3. The van der Waals surface area contributed by atoms with Crippen molar-refractivity contribution in [3.8, 4) is 33.4 Å². The van der Waals surface area contributed by atoms with E-state index < -0.39 is 0 Å². The highest BCUT2D eigenvalue weighted by Gasteiger charge is 2.22. The number of hydrogen-bond acceptors (Lipinski definition) is 3. The summed E-state index contributed by atoms with van der Waals surface area (Å²) in [5.41, 5.74) is 12.1. The number of hydrogen-bond donors (Lipinski definition) is 0. The molecule has 2 heterocycles. The quantitative estimate of drug-likeness (QED) is 0.155. The van der Waals surface area contributed by atoms with Crippen LogP contribution >= 0.6 is 11.3 Å². The van der Waals surface area contributed by atoms with Gasteiger partial charge in [-0.3, -0.25) is 0 Å². The third-order valence-corrected chi connectivity index (χ3v) is 14.1. The van der Waals surface area contributed by atoms with E-state index in [0.717, 1.165) is 55.7 Å². The van der Waals surface area contributed by atoms with Gasteiger partial charge in [-0.15, -0.1) is 11.3 Å². The van der Waals surface area contributed by atoms with Crippen molar-refractivity contribution in [1.29, 1.82) is 0 Å². The summed E-state index contributed by atoms with van der Waals surface area (Å²) in [5.74, 6) is 0. The number of rotatable bonds is 6. The number of fused-ring (bicyclic) bond motifs is 10. The molecule has 13 rings (SSSR count). The molecular formula is C60H37NOS. The Kier molecular flexibility index (Phi) is 8.12. The summed E-state index contributed by atoms with van der Waals surface area (Å²) in [6, 6.07) is 81.7. The molecule has 0 aliphatic rings. The lowest BCUT2D eigenvalue weighted by Gasteiger charge is -2.28. The summed E-state index contributed by atoms with van der Waals surface area (Å²) in [6.07, 6.45) is 0. The average molecular weight is 820 g/mol. The van der Waals surface area contributed by atoms with Gasteiger partial charge in [0.15, 0.2) is 0 Å². The average Bonchev–Trinajstić information content (AvgIpc) is 3.94. The van der Waals surface area contributed by atoms with Crippen LogP contribution in [0.3, 0.4) is 0 Å². The lowest BCUT2D eigenvalue weighted by atomic mass is 9.91. The zero-order chi connectivity index (χ0) is 41.4. The predicted octanol–water partition coefficient (Wildman–Crippen LogP) is 17.9. The molecule has 0 radical (unpaired) electrons. The maximum Gasteiger partial charge on any atom is 0.143 e. The number of para-hydroxylation sites is 1. The van der Waals surface area contributed by atoms with Crippen LogP contribution in [0.25, 0.3) is 108 Å². The highest BCUT2D eigenvalue weighted by molar-refractivity contribution is 7.26. The Bertz CT molecular complexity index is 3920. The summed E-state index contributed by atoms with van der Waals surface area (Å²) in [6.45, 7) is 0. The van der Waals surface area contributed by atoms with Gasteiger partial charge in [-0.05, 0) is 103 Å². The summed E-state index contributed by atoms with van der Waals surface area (Å²) in [4.78, 5) is 2.44. The molecule has 0 spiro atoms. The largest absolute Gasteiger partial charge is 0.455 e. The van der Waals surface area contributed by atoms with Crippen molar-refractivity contribution in [3.05, 3.63) is 224 Å². The van der Waals surface area contributed by atoms with E-state index >= 15 is 0 Å². The lowest BCUT2D eigenvalue weighted by Crippen LogP contribution is -2.10. The summed E-state index contributed by atoms with van der Waals surface area (Å²) in [5, 5.41) is 12.2. The van der Waals surface area contributed by atoms with Crippen LogP contribution in [0, 0.1) is 0 Å². The molecule has 0 unspecified atom stereocenters. The van der Waals surface area contributed by atoms with Gasteiger partial charge >= 0.3 is 0 Å². The van der Waals surface area contributed by atoms with Crippen LogP contribution < -0.4 is 4.90 Å². The molecule has 3 heteroatoms. The smallest absolute Gasteiger partial charge is 0.143 e. The fourth-order valence-electron chi connectivity index (χ4n) is 9.94. The van der Waals surface area contributed by atoms with E-state index in [0.29, 0.717) is 0 Å². The predicted molar refractivity (Wildman–Crippen MR) is 270 cm³/mol. The van der Waals surface area contributed by atoms with Crippen molar-refractivity contribution in [2.75, 3.05) is 4.90 Å². The van der Waals surface area contributed by atoms with E-state index in [9.17, 15) is 0 Å². The number of furan rings is 1. The Labute approximate surface area is 368 Å².